The lowest BCUT2D eigenvalue weighted by Crippen LogP contribution is -2.52. The van der Waals surface area contributed by atoms with E-state index in [0.29, 0.717) is 5.75 Å². The van der Waals surface area contributed by atoms with Gasteiger partial charge in [-0.1, -0.05) is 0 Å². The summed E-state index contributed by atoms with van der Waals surface area (Å²) in [5.41, 5.74) is 0. The lowest BCUT2D eigenvalue weighted by atomic mass is 10.1. The predicted molar refractivity (Wildman–Crippen MR) is 80.7 cm³/mol. The van der Waals surface area contributed by atoms with Crippen molar-refractivity contribution in [2.75, 3.05) is 24.4 Å². The highest BCUT2D eigenvalue weighted by molar-refractivity contribution is 7.98. The Balaban J connectivity index is 4.88. The number of nitrogens with one attached hydrogen (secondary N) is 2. The van der Waals surface area contributed by atoms with Crippen LogP contribution in [0.1, 0.15) is 19.8 Å². The van der Waals surface area contributed by atoms with E-state index in [1.807, 2.05) is 6.26 Å². The summed E-state index contributed by atoms with van der Waals surface area (Å²) in [6.07, 6.45) is 1.92. The average molecular weight is 342 g/mol. The Labute approximate surface area is 128 Å². The molecule has 0 fully saturated rings. The Morgan fingerprint density at radius 3 is 2.29 bits per heavy atom. The molecule has 0 heterocycles. The zero-order valence-corrected chi connectivity index (χ0v) is 13.7. The quantitative estimate of drug-likeness (QED) is 0.378. The number of sulfonamides is 1. The van der Waals surface area contributed by atoms with Gasteiger partial charge >= 0.3 is 5.97 Å². The van der Waals surface area contributed by atoms with Crippen molar-refractivity contribution in [3.8, 4) is 0 Å². The van der Waals surface area contributed by atoms with E-state index in [2.05, 4.69) is 10.0 Å². The Morgan fingerprint density at radius 1 is 1.24 bits per heavy atom. The second kappa shape index (κ2) is 9.98. The zero-order valence-electron chi connectivity index (χ0n) is 12.0. The van der Waals surface area contributed by atoms with E-state index in [4.69, 9.17) is 10.2 Å². The molecule has 0 saturated carbocycles. The number of carboxylic acid groups (broad SMARTS) is 1. The molecule has 0 aliphatic rings. The Morgan fingerprint density at radius 2 is 1.86 bits per heavy atom. The molecule has 4 N–H and O–H groups in total. The number of hydrogen-bond acceptors (Lipinski definition) is 6. The fourth-order valence-electron chi connectivity index (χ4n) is 1.44. The Bertz CT molecular complexity index is 440. The third-order valence-corrected chi connectivity index (χ3v) is 4.71. The fraction of sp³-hybridized carbons (Fsp3) is 0.818. The maximum atomic E-state index is 12.0. The highest BCUT2D eigenvalue weighted by atomic mass is 32.2. The van der Waals surface area contributed by atoms with Gasteiger partial charge in [-0.15, -0.1) is 0 Å². The second-order valence-corrected chi connectivity index (χ2v) is 7.30. The zero-order chi connectivity index (χ0) is 16.5. The van der Waals surface area contributed by atoms with Crippen molar-refractivity contribution in [3.05, 3.63) is 0 Å². The van der Waals surface area contributed by atoms with E-state index >= 15 is 0 Å². The number of carbonyl (C=O) groups excluding carboxylic acids is 1. The van der Waals surface area contributed by atoms with E-state index in [0.717, 1.165) is 0 Å². The smallest absolute Gasteiger partial charge is 0.326 e. The molecule has 0 aliphatic heterocycles. The van der Waals surface area contributed by atoms with Gasteiger partial charge in [-0.2, -0.15) is 11.8 Å². The highest BCUT2D eigenvalue weighted by Gasteiger charge is 2.27. The van der Waals surface area contributed by atoms with E-state index in [9.17, 15) is 18.0 Å². The van der Waals surface area contributed by atoms with Crippen LogP contribution in [-0.2, 0) is 19.6 Å². The van der Waals surface area contributed by atoms with Crippen LogP contribution in [0.25, 0.3) is 0 Å². The summed E-state index contributed by atoms with van der Waals surface area (Å²) in [5.74, 6) is -1.61. The highest BCUT2D eigenvalue weighted by Crippen LogP contribution is 2.04. The molecule has 0 aromatic rings. The lowest BCUT2D eigenvalue weighted by Gasteiger charge is -2.20. The largest absolute Gasteiger partial charge is 0.480 e. The number of rotatable bonds is 11. The lowest BCUT2D eigenvalue weighted by molar-refractivity contribution is -0.142. The molecule has 8 nitrogen and oxygen atoms in total. The van der Waals surface area contributed by atoms with Gasteiger partial charge in [-0.3, -0.25) is 4.79 Å². The molecule has 0 aromatic heterocycles. The van der Waals surface area contributed by atoms with E-state index in [-0.39, 0.29) is 18.6 Å². The summed E-state index contributed by atoms with van der Waals surface area (Å²) in [5, 5.41) is 19.9. The fourth-order valence-corrected chi connectivity index (χ4v) is 2.73. The monoisotopic (exact) mass is 342 g/mol. The van der Waals surface area contributed by atoms with Gasteiger partial charge < -0.3 is 15.5 Å². The third-order valence-electron chi connectivity index (χ3n) is 2.66. The van der Waals surface area contributed by atoms with E-state index < -0.39 is 40.6 Å². The summed E-state index contributed by atoms with van der Waals surface area (Å²) in [6, 6.07) is -2.27. The minimum absolute atomic E-state index is 0.142. The van der Waals surface area contributed by atoms with Crippen LogP contribution in [0.4, 0.5) is 0 Å². The van der Waals surface area contributed by atoms with Crippen molar-refractivity contribution >= 4 is 33.7 Å². The number of amides is 1. The van der Waals surface area contributed by atoms with Gasteiger partial charge in [0.15, 0.2) is 0 Å². The maximum Gasteiger partial charge on any atom is 0.326 e. The first-order chi connectivity index (χ1) is 9.77. The van der Waals surface area contributed by atoms with Crippen molar-refractivity contribution in [2.45, 2.75) is 31.8 Å². The number of aliphatic hydroxyl groups is 1. The summed E-state index contributed by atoms with van der Waals surface area (Å²) < 4.78 is 25.4. The van der Waals surface area contributed by atoms with Crippen LogP contribution in [-0.4, -0.2) is 67.0 Å². The molecule has 0 aliphatic carbocycles. The van der Waals surface area contributed by atoms with Crippen molar-refractivity contribution in [3.63, 3.8) is 0 Å². The summed E-state index contributed by atoms with van der Waals surface area (Å²) in [7, 11) is -3.58. The standard InChI is InChI=1S/C11H22N2O6S2/c1-3-21(18,19)13-8(5-7-20-2)10(15)12-9(4-6-14)11(16)17/h8-9,13-14H,3-7H2,1-2H3,(H,12,15)(H,16,17)/t8?,9-/m1/s1. The minimum Gasteiger partial charge on any atom is -0.480 e. The average Bonchev–Trinajstić information content (AvgIpc) is 2.42. The Hall–Kier alpha value is -0.840. The van der Waals surface area contributed by atoms with Gasteiger partial charge in [0.05, 0.1) is 5.75 Å². The van der Waals surface area contributed by atoms with E-state index in [1.54, 1.807) is 0 Å². The SMILES string of the molecule is CCS(=O)(=O)NC(CCSC)C(=O)N[C@H](CCO)C(=O)O. The van der Waals surface area contributed by atoms with Gasteiger partial charge in [0, 0.05) is 13.0 Å². The van der Waals surface area contributed by atoms with Crippen LogP contribution >= 0.6 is 11.8 Å². The van der Waals surface area contributed by atoms with Crippen LogP contribution in [0.3, 0.4) is 0 Å². The number of aliphatic hydroxyl groups excluding tert-OH is 1. The van der Waals surface area contributed by atoms with Crippen LogP contribution in [0, 0.1) is 0 Å². The topological polar surface area (TPSA) is 133 Å². The predicted octanol–water partition coefficient (Wildman–Crippen LogP) is -1.00. The number of thioether (sulfide) groups is 1. The van der Waals surface area contributed by atoms with Gasteiger partial charge in [0.25, 0.3) is 0 Å². The third kappa shape index (κ3) is 8.24. The summed E-state index contributed by atoms with van der Waals surface area (Å²) >= 11 is 1.45. The van der Waals surface area contributed by atoms with Crippen molar-refractivity contribution < 1.29 is 28.2 Å². The maximum absolute atomic E-state index is 12.0. The van der Waals surface area contributed by atoms with Crippen LogP contribution in [0.15, 0.2) is 0 Å². The molecule has 1 amide bonds. The first-order valence-corrected chi connectivity index (χ1v) is 9.45. The number of carboxylic acids is 1. The summed E-state index contributed by atoms with van der Waals surface area (Å²) in [4.78, 5) is 23.0. The molecule has 0 radical (unpaired) electrons. The molecule has 0 rings (SSSR count). The molecule has 0 aromatic carbocycles. The van der Waals surface area contributed by atoms with Crippen LogP contribution < -0.4 is 10.0 Å². The first kappa shape index (κ1) is 20.2. The molecule has 0 saturated heterocycles. The van der Waals surface area contributed by atoms with Crippen molar-refractivity contribution in [2.24, 2.45) is 0 Å². The van der Waals surface area contributed by atoms with E-state index in [1.165, 1.54) is 18.7 Å². The normalized spacial score (nSPS) is 14.4. The Kier molecular flexibility index (Phi) is 9.58. The molecule has 10 heteroatoms. The molecule has 2 atom stereocenters. The van der Waals surface area contributed by atoms with Crippen LogP contribution in [0.2, 0.25) is 0 Å². The molecule has 0 bridgehead atoms. The molecular formula is C11H22N2O6S2. The van der Waals surface area contributed by atoms with Gasteiger partial charge in [0.1, 0.15) is 12.1 Å². The molecule has 21 heavy (non-hydrogen) atoms. The molecular weight excluding hydrogens is 320 g/mol. The molecule has 1 unspecified atom stereocenters. The van der Waals surface area contributed by atoms with Gasteiger partial charge in [-0.05, 0) is 25.4 Å². The van der Waals surface area contributed by atoms with Gasteiger partial charge in [-0.25, -0.2) is 17.9 Å². The van der Waals surface area contributed by atoms with Gasteiger partial charge in [0.2, 0.25) is 15.9 Å². The first-order valence-electron chi connectivity index (χ1n) is 6.40. The number of hydrogen-bond donors (Lipinski definition) is 4. The molecule has 124 valence electrons. The molecule has 0 spiro atoms. The van der Waals surface area contributed by atoms with Crippen LogP contribution in [0.5, 0.6) is 0 Å². The minimum atomic E-state index is -3.58. The van der Waals surface area contributed by atoms with Crippen molar-refractivity contribution in [1.82, 2.24) is 10.0 Å². The number of carbonyl (C=O) groups is 2. The number of aliphatic carboxylic acids is 1. The summed E-state index contributed by atoms with van der Waals surface area (Å²) in [6.45, 7) is 1.05. The second-order valence-electron chi connectivity index (χ2n) is 4.27. The van der Waals surface area contributed by atoms with Crippen molar-refractivity contribution in [1.29, 1.82) is 0 Å².